The highest BCUT2D eigenvalue weighted by Crippen LogP contribution is 2.19. The maximum absolute atomic E-state index is 14.0. The summed E-state index contributed by atoms with van der Waals surface area (Å²) in [6.07, 6.45) is 0. The Morgan fingerprint density at radius 3 is 2.55 bits per heavy atom. The highest BCUT2D eigenvalue weighted by atomic mass is 19.1. The Hall–Kier alpha value is -0.970. The molecule has 1 rings (SSSR count). The van der Waals surface area contributed by atoms with Crippen molar-refractivity contribution in [1.82, 2.24) is 10.2 Å². The maximum Gasteiger partial charge on any atom is 0.128 e. The first-order valence-corrected chi connectivity index (χ1v) is 7.30. The van der Waals surface area contributed by atoms with Crippen molar-refractivity contribution in [3.05, 3.63) is 35.6 Å². The third-order valence-corrected chi connectivity index (χ3v) is 3.46. The van der Waals surface area contributed by atoms with Gasteiger partial charge in [-0.05, 0) is 26.5 Å². The summed E-state index contributed by atoms with van der Waals surface area (Å²) in [7, 11) is 1.71. The second-order valence-corrected chi connectivity index (χ2v) is 5.21. The van der Waals surface area contributed by atoms with Crippen molar-refractivity contribution in [2.45, 2.75) is 32.9 Å². The highest BCUT2D eigenvalue weighted by Gasteiger charge is 2.19. The van der Waals surface area contributed by atoms with Gasteiger partial charge in [-0.3, -0.25) is 4.90 Å². The van der Waals surface area contributed by atoms with E-state index in [1.165, 1.54) is 6.07 Å². The van der Waals surface area contributed by atoms with E-state index in [4.69, 9.17) is 4.74 Å². The zero-order valence-corrected chi connectivity index (χ0v) is 13.0. The van der Waals surface area contributed by atoms with Gasteiger partial charge in [0.15, 0.2) is 0 Å². The van der Waals surface area contributed by atoms with Crippen LogP contribution in [0.3, 0.4) is 0 Å². The van der Waals surface area contributed by atoms with Crippen molar-refractivity contribution >= 4 is 0 Å². The number of rotatable bonds is 9. The molecule has 0 aliphatic heterocycles. The lowest BCUT2D eigenvalue weighted by atomic mass is 10.0. The molecule has 20 heavy (non-hydrogen) atoms. The molecule has 0 heterocycles. The summed E-state index contributed by atoms with van der Waals surface area (Å²) in [6, 6.07) is 7.40. The first-order valence-electron chi connectivity index (χ1n) is 7.30. The van der Waals surface area contributed by atoms with Gasteiger partial charge in [0.05, 0.1) is 6.61 Å². The number of hydrogen-bond donors (Lipinski definition) is 1. The van der Waals surface area contributed by atoms with Crippen LogP contribution in [0, 0.1) is 5.82 Å². The van der Waals surface area contributed by atoms with Gasteiger partial charge in [0.2, 0.25) is 0 Å². The fourth-order valence-electron chi connectivity index (χ4n) is 2.28. The molecule has 1 unspecified atom stereocenters. The van der Waals surface area contributed by atoms with Crippen LogP contribution in [0.25, 0.3) is 0 Å². The molecule has 3 nitrogen and oxygen atoms in total. The molecule has 0 saturated heterocycles. The molecular formula is C16H27FN2O. The normalized spacial score (nSPS) is 13.2. The number of nitrogens with one attached hydrogen (secondary N) is 1. The van der Waals surface area contributed by atoms with E-state index in [9.17, 15) is 4.39 Å². The summed E-state index contributed by atoms with van der Waals surface area (Å²) in [5.41, 5.74) is 0.734. The molecular weight excluding hydrogens is 255 g/mol. The Morgan fingerprint density at radius 1 is 1.30 bits per heavy atom. The van der Waals surface area contributed by atoms with E-state index < -0.39 is 0 Å². The fraction of sp³-hybridized carbons (Fsp3) is 0.625. The van der Waals surface area contributed by atoms with E-state index in [0.717, 1.165) is 25.2 Å². The van der Waals surface area contributed by atoms with Crippen molar-refractivity contribution < 1.29 is 9.13 Å². The van der Waals surface area contributed by atoms with Crippen LogP contribution in [0.15, 0.2) is 24.3 Å². The van der Waals surface area contributed by atoms with Crippen LogP contribution in [0.1, 0.15) is 32.4 Å². The molecule has 4 heteroatoms. The molecule has 114 valence electrons. The van der Waals surface area contributed by atoms with Gasteiger partial charge in [-0.25, -0.2) is 4.39 Å². The largest absolute Gasteiger partial charge is 0.383 e. The zero-order chi connectivity index (χ0) is 15.0. The molecule has 0 amide bonds. The number of likely N-dealkylation sites (N-methyl/N-ethyl adjacent to an activating group) is 1. The minimum absolute atomic E-state index is 0.000422. The van der Waals surface area contributed by atoms with E-state index in [1.54, 1.807) is 13.2 Å². The van der Waals surface area contributed by atoms with Gasteiger partial charge >= 0.3 is 0 Å². The topological polar surface area (TPSA) is 24.5 Å². The van der Waals surface area contributed by atoms with Gasteiger partial charge in [0, 0.05) is 37.8 Å². The molecule has 0 saturated carbocycles. The molecule has 0 spiro atoms. The van der Waals surface area contributed by atoms with Gasteiger partial charge in [0.1, 0.15) is 5.82 Å². The van der Waals surface area contributed by atoms with E-state index in [-0.39, 0.29) is 11.9 Å². The molecule has 1 atom stereocenters. The molecule has 1 N–H and O–H groups in total. The maximum atomic E-state index is 14.0. The Morgan fingerprint density at radius 2 is 2.00 bits per heavy atom. The smallest absolute Gasteiger partial charge is 0.128 e. The van der Waals surface area contributed by atoms with Crippen LogP contribution < -0.4 is 5.32 Å². The Labute approximate surface area is 122 Å². The Kier molecular flexibility index (Phi) is 7.73. The predicted molar refractivity (Wildman–Crippen MR) is 81.4 cm³/mol. The van der Waals surface area contributed by atoms with Gasteiger partial charge < -0.3 is 10.1 Å². The highest BCUT2D eigenvalue weighted by molar-refractivity contribution is 5.21. The molecule has 0 aliphatic carbocycles. The number of benzene rings is 1. The number of methoxy groups -OCH3 is 1. The summed E-state index contributed by atoms with van der Waals surface area (Å²) >= 11 is 0. The average molecular weight is 282 g/mol. The molecule has 0 bridgehead atoms. The van der Waals surface area contributed by atoms with Crippen LogP contribution in [-0.2, 0) is 4.74 Å². The Balaban J connectivity index is 2.82. The van der Waals surface area contributed by atoms with Crippen molar-refractivity contribution in [2.75, 3.05) is 33.4 Å². The van der Waals surface area contributed by atoms with Gasteiger partial charge in [-0.1, -0.05) is 25.1 Å². The Bertz CT molecular complexity index is 384. The van der Waals surface area contributed by atoms with Crippen LogP contribution in [0.5, 0.6) is 0 Å². The lowest BCUT2D eigenvalue weighted by Crippen LogP contribution is -2.41. The summed E-state index contributed by atoms with van der Waals surface area (Å²) in [6.45, 7) is 9.48. The molecule has 1 aromatic rings. The second kappa shape index (κ2) is 9.06. The van der Waals surface area contributed by atoms with Crippen molar-refractivity contribution in [3.8, 4) is 0 Å². The van der Waals surface area contributed by atoms with E-state index >= 15 is 0 Å². The zero-order valence-electron chi connectivity index (χ0n) is 13.0. The summed E-state index contributed by atoms with van der Waals surface area (Å²) < 4.78 is 19.1. The monoisotopic (exact) mass is 282 g/mol. The number of hydrogen-bond acceptors (Lipinski definition) is 3. The number of halogens is 1. The third-order valence-electron chi connectivity index (χ3n) is 3.46. The van der Waals surface area contributed by atoms with Crippen LogP contribution >= 0.6 is 0 Å². The van der Waals surface area contributed by atoms with Gasteiger partial charge in [-0.2, -0.15) is 0 Å². The second-order valence-electron chi connectivity index (χ2n) is 5.21. The van der Waals surface area contributed by atoms with Crippen LogP contribution in [0.2, 0.25) is 0 Å². The minimum Gasteiger partial charge on any atom is -0.383 e. The number of nitrogens with zero attached hydrogens (tertiary/aromatic N) is 1. The summed E-state index contributed by atoms with van der Waals surface area (Å²) in [5.74, 6) is -0.145. The molecule has 0 radical (unpaired) electrons. The average Bonchev–Trinajstić information content (AvgIpc) is 2.42. The SMILES string of the molecule is CCNC(CN(CCOC)C(C)C)c1ccccc1F. The first-order chi connectivity index (χ1) is 9.60. The third kappa shape index (κ3) is 5.19. The number of ether oxygens (including phenoxy) is 1. The van der Waals surface area contributed by atoms with Crippen LogP contribution in [-0.4, -0.2) is 44.3 Å². The van der Waals surface area contributed by atoms with Gasteiger partial charge in [0.25, 0.3) is 0 Å². The standard InChI is InChI=1S/C16H27FN2O/c1-5-18-16(14-8-6-7-9-15(14)17)12-19(13(2)3)10-11-20-4/h6-9,13,16,18H,5,10-12H2,1-4H3. The van der Waals surface area contributed by atoms with Crippen molar-refractivity contribution in [2.24, 2.45) is 0 Å². The first kappa shape index (κ1) is 17.1. The van der Waals surface area contributed by atoms with E-state index in [2.05, 4.69) is 24.1 Å². The van der Waals surface area contributed by atoms with Crippen LogP contribution in [0.4, 0.5) is 4.39 Å². The minimum atomic E-state index is -0.145. The fourth-order valence-corrected chi connectivity index (χ4v) is 2.28. The van der Waals surface area contributed by atoms with Crippen molar-refractivity contribution in [3.63, 3.8) is 0 Å². The van der Waals surface area contributed by atoms with Gasteiger partial charge in [-0.15, -0.1) is 0 Å². The van der Waals surface area contributed by atoms with Crippen molar-refractivity contribution in [1.29, 1.82) is 0 Å². The van der Waals surface area contributed by atoms with E-state index in [0.29, 0.717) is 12.6 Å². The summed E-state index contributed by atoms with van der Waals surface area (Å²) in [4.78, 5) is 2.31. The molecule has 0 aliphatic rings. The van der Waals surface area contributed by atoms with E-state index in [1.807, 2.05) is 19.1 Å². The molecule has 0 aromatic heterocycles. The quantitative estimate of drug-likeness (QED) is 0.754. The summed E-state index contributed by atoms with van der Waals surface area (Å²) in [5, 5.41) is 3.38. The molecule has 1 aromatic carbocycles. The lowest BCUT2D eigenvalue weighted by molar-refractivity contribution is 0.121. The lowest BCUT2D eigenvalue weighted by Gasteiger charge is -2.31. The predicted octanol–water partition coefficient (Wildman–Crippen LogP) is 2.83. The molecule has 0 fully saturated rings.